The number of hydrogen-bond donors (Lipinski definition) is 2. The van der Waals surface area contributed by atoms with Crippen LogP contribution < -0.4 is 5.32 Å². The van der Waals surface area contributed by atoms with E-state index in [-0.39, 0.29) is 5.91 Å². The molecule has 0 saturated carbocycles. The Morgan fingerprint density at radius 1 is 1.45 bits per heavy atom. The lowest BCUT2D eigenvalue weighted by Gasteiger charge is -2.02. The molecule has 0 saturated heterocycles. The number of benzene rings is 1. The lowest BCUT2D eigenvalue weighted by molar-refractivity contribution is 0.0943. The van der Waals surface area contributed by atoms with Crippen molar-refractivity contribution in [2.45, 2.75) is 6.42 Å². The van der Waals surface area contributed by atoms with Gasteiger partial charge in [0.05, 0.1) is 10.7 Å². The number of carbonyl (C=O) groups is 1. The van der Waals surface area contributed by atoms with E-state index in [1.54, 1.807) is 19.2 Å². The van der Waals surface area contributed by atoms with Gasteiger partial charge in [-0.25, -0.2) is 0 Å². The smallest absolute Gasteiger partial charge is 0.269 e. The molecule has 2 rings (SSSR count). The first-order valence-corrected chi connectivity index (χ1v) is 6.67. The fourth-order valence-electron chi connectivity index (χ4n) is 1.76. The second kappa shape index (κ2) is 7.07. The molecule has 106 valence electrons. The van der Waals surface area contributed by atoms with Crippen molar-refractivity contribution in [2.24, 2.45) is 0 Å². The highest BCUT2D eigenvalue weighted by Crippen LogP contribution is 2.26. The van der Waals surface area contributed by atoms with E-state index in [4.69, 9.17) is 16.3 Å². The van der Waals surface area contributed by atoms with Crippen LogP contribution in [0.1, 0.15) is 16.9 Å². The summed E-state index contributed by atoms with van der Waals surface area (Å²) in [6, 6.07) is 9.06. The Morgan fingerprint density at radius 2 is 2.25 bits per heavy atom. The molecule has 0 bridgehead atoms. The molecule has 1 amide bonds. The van der Waals surface area contributed by atoms with E-state index in [0.717, 1.165) is 12.0 Å². The number of halogens is 1. The van der Waals surface area contributed by atoms with E-state index in [1.807, 2.05) is 18.2 Å². The maximum absolute atomic E-state index is 11.9. The van der Waals surface area contributed by atoms with Crippen molar-refractivity contribution >= 4 is 17.5 Å². The van der Waals surface area contributed by atoms with Gasteiger partial charge in [0.1, 0.15) is 5.69 Å². The first-order chi connectivity index (χ1) is 9.72. The summed E-state index contributed by atoms with van der Waals surface area (Å²) in [5.41, 5.74) is 1.86. The number of hydrogen-bond acceptors (Lipinski definition) is 3. The zero-order chi connectivity index (χ0) is 14.4. The molecule has 2 aromatic rings. The summed E-state index contributed by atoms with van der Waals surface area (Å²) in [5.74, 6) is -0.188. The van der Waals surface area contributed by atoms with E-state index in [1.165, 1.54) is 0 Å². The number of nitrogens with one attached hydrogen (secondary N) is 2. The predicted octanol–water partition coefficient (Wildman–Crippen LogP) is 2.50. The van der Waals surface area contributed by atoms with Crippen LogP contribution in [0.25, 0.3) is 11.3 Å². The van der Waals surface area contributed by atoms with Crippen molar-refractivity contribution in [3.63, 3.8) is 0 Å². The van der Waals surface area contributed by atoms with Gasteiger partial charge >= 0.3 is 0 Å². The van der Waals surface area contributed by atoms with E-state index < -0.39 is 0 Å². The van der Waals surface area contributed by atoms with Crippen LogP contribution in [0.4, 0.5) is 0 Å². The Kier molecular flexibility index (Phi) is 5.15. The van der Waals surface area contributed by atoms with Crippen molar-refractivity contribution in [1.29, 1.82) is 0 Å². The quantitative estimate of drug-likeness (QED) is 0.804. The minimum Gasteiger partial charge on any atom is -0.385 e. The van der Waals surface area contributed by atoms with Crippen LogP contribution in [-0.2, 0) is 4.74 Å². The molecule has 1 aromatic heterocycles. The van der Waals surface area contributed by atoms with E-state index >= 15 is 0 Å². The van der Waals surface area contributed by atoms with E-state index in [0.29, 0.717) is 29.6 Å². The third-order valence-corrected chi connectivity index (χ3v) is 3.11. The number of methoxy groups -OCH3 is 1. The number of amides is 1. The minimum atomic E-state index is -0.188. The van der Waals surface area contributed by atoms with E-state index in [2.05, 4.69) is 15.5 Å². The SMILES string of the molecule is COCCCNC(=O)c1cc(-c2ccccc2Cl)n[nH]1. The van der Waals surface area contributed by atoms with Crippen LogP contribution in [0.2, 0.25) is 5.02 Å². The van der Waals surface area contributed by atoms with Crippen LogP contribution in [0.3, 0.4) is 0 Å². The molecule has 0 atom stereocenters. The summed E-state index contributed by atoms with van der Waals surface area (Å²) >= 11 is 6.10. The lowest BCUT2D eigenvalue weighted by Crippen LogP contribution is -2.25. The van der Waals surface area contributed by atoms with Gasteiger partial charge in [-0.2, -0.15) is 5.10 Å². The molecule has 0 aliphatic carbocycles. The normalized spacial score (nSPS) is 10.5. The molecular weight excluding hydrogens is 278 g/mol. The molecule has 1 heterocycles. The largest absolute Gasteiger partial charge is 0.385 e. The summed E-state index contributed by atoms with van der Waals surface area (Å²) < 4.78 is 4.92. The van der Waals surface area contributed by atoms with Gasteiger partial charge in [-0.3, -0.25) is 9.89 Å². The number of carbonyl (C=O) groups excluding carboxylic acids is 1. The maximum atomic E-state index is 11.9. The number of aromatic nitrogens is 2. The highest BCUT2D eigenvalue weighted by Gasteiger charge is 2.12. The number of rotatable bonds is 6. The molecule has 6 heteroatoms. The molecule has 2 N–H and O–H groups in total. The van der Waals surface area contributed by atoms with Crippen molar-refractivity contribution in [1.82, 2.24) is 15.5 Å². The van der Waals surface area contributed by atoms with Gasteiger partial charge in [0.2, 0.25) is 0 Å². The highest BCUT2D eigenvalue weighted by atomic mass is 35.5. The Hall–Kier alpha value is -1.85. The topological polar surface area (TPSA) is 67.0 Å². The fourth-order valence-corrected chi connectivity index (χ4v) is 1.99. The van der Waals surface area contributed by atoms with Gasteiger partial charge in [0, 0.05) is 25.8 Å². The molecule has 0 radical (unpaired) electrons. The van der Waals surface area contributed by atoms with Gasteiger partial charge in [0.25, 0.3) is 5.91 Å². The van der Waals surface area contributed by atoms with Crippen LogP contribution in [-0.4, -0.2) is 36.4 Å². The number of aromatic amines is 1. The zero-order valence-electron chi connectivity index (χ0n) is 11.1. The maximum Gasteiger partial charge on any atom is 0.269 e. The van der Waals surface area contributed by atoms with Crippen LogP contribution >= 0.6 is 11.6 Å². The average molecular weight is 294 g/mol. The molecule has 0 spiro atoms. The average Bonchev–Trinajstić information content (AvgIpc) is 2.93. The third kappa shape index (κ3) is 3.59. The molecule has 0 fully saturated rings. The molecule has 5 nitrogen and oxygen atoms in total. The zero-order valence-corrected chi connectivity index (χ0v) is 11.9. The number of H-pyrrole nitrogens is 1. The summed E-state index contributed by atoms with van der Waals surface area (Å²) in [4.78, 5) is 11.9. The molecule has 20 heavy (non-hydrogen) atoms. The molecule has 0 unspecified atom stereocenters. The Labute approximate surface area is 122 Å². The van der Waals surface area contributed by atoms with Gasteiger partial charge in [-0.15, -0.1) is 0 Å². The van der Waals surface area contributed by atoms with Crippen molar-refractivity contribution in [2.75, 3.05) is 20.3 Å². The summed E-state index contributed by atoms with van der Waals surface area (Å²) in [5, 5.41) is 10.2. The first kappa shape index (κ1) is 14.6. The van der Waals surface area contributed by atoms with Crippen LogP contribution in [0.5, 0.6) is 0 Å². The lowest BCUT2D eigenvalue weighted by atomic mass is 10.1. The van der Waals surface area contributed by atoms with E-state index in [9.17, 15) is 4.79 Å². The van der Waals surface area contributed by atoms with Gasteiger partial charge < -0.3 is 10.1 Å². The first-order valence-electron chi connectivity index (χ1n) is 6.30. The summed E-state index contributed by atoms with van der Waals surface area (Å²) in [7, 11) is 1.63. The fraction of sp³-hybridized carbons (Fsp3) is 0.286. The molecular formula is C14H16ClN3O2. The van der Waals surface area contributed by atoms with Crippen molar-refractivity contribution in [3.8, 4) is 11.3 Å². The van der Waals surface area contributed by atoms with Gasteiger partial charge in [-0.1, -0.05) is 29.8 Å². The summed E-state index contributed by atoms with van der Waals surface area (Å²) in [6.45, 7) is 1.18. The molecule has 1 aromatic carbocycles. The van der Waals surface area contributed by atoms with Crippen molar-refractivity contribution in [3.05, 3.63) is 41.0 Å². The second-order valence-electron chi connectivity index (χ2n) is 4.25. The number of ether oxygens (including phenoxy) is 1. The number of nitrogens with zero attached hydrogens (tertiary/aromatic N) is 1. The monoisotopic (exact) mass is 293 g/mol. The summed E-state index contributed by atoms with van der Waals surface area (Å²) in [6.07, 6.45) is 0.772. The highest BCUT2D eigenvalue weighted by molar-refractivity contribution is 6.33. The Morgan fingerprint density at radius 3 is 3.00 bits per heavy atom. The molecule has 0 aliphatic heterocycles. The standard InChI is InChI=1S/C14H16ClN3O2/c1-20-8-4-7-16-14(19)13-9-12(17-18-13)10-5-2-3-6-11(10)15/h2-3,5-6,9H,4,7-8H2,1H3,(H,16,19)(H,17,18). The van der Waals surface area contributed by atoms with Crippen LogP contribution in [0.15, 0.2) is 30.3 Å². The Balaban J connectivity index is 2.02. The van der Waals surface area contributed by atoms with Gasteiger partial charge in [-0.05, 0) is 18.6 Å². The van der Waals surface area contributed by atoms with Crippen molar-refractivity contribution < 1.29 is 9.53 Å². The predicted molar refractivity (Wildman–Crippen MR) is 77.9 cm³/mol. The van der Waals surface area contributed by atoms with Crippen LogP contribution in [0, 0.1) is 0 Å². The minimum absolute atomic E-state index is 0.188. The molecule has 0 aliphatic rings. The van der Waals surface area contributed by atoms with Gasteiger partial charge in [0.15, 0.2) is 0 Å². The third-order valence-electron chi connectivity index (χ3n) is 2.78. The Bertz CT molecular complexity index is 583. The second-order valence-corrected chi connectivity index (χ2v) is 4.66.